The van der Waals surface area contributed by atoms with Gasteiger partial charge in [-0.15, -0.1) is 0 Å². The summed E-state index contributed by atoms with van der Waals surface area (Å²) in [6, 6.07) is 21.4. The van der Waals surface area contributed by atoms with E-state index in [1.54, 1.807) is 6.08 Å². The highest BCUT2D eigenvalue weighted by Crippen LogP contribution is 2.41. The van der Waals surface area contributed by atoms with Gasteiger partial charge in [-0.25, -0.2) is 13.2 Å². The lowest BCUT2D eigenvalue weighted by Gasteiger charge is -2.54. The van der Waals surface area contributed by atoms with Gasteiger partial charge < -0.3 is 13.8 Å². The Morgan fingerprint density at radius 2 is 1.64 bits per heavy atom. The molecule has 33 heavy (non-hydrogen) atoms. The van der Waals surface area contributed by atoms with E-state index in [9.17, 15) is 18.0 Å². The third-order valence-corrected chi connectivity index (χ3v) is 5.93. The van der Waals surface area contributed by atoms with Crippen molar-refractivity contribution in [2.75, 3.05) is 20.2 Å². The normalized spacial score (nSPS) is 22.7. The van der Waals surface area contributed by atoms with Crippen LogP contribution in [0.1, 0.15) is 24.0 Å². The minimum absolute atomic E-state index is 0.257. The SMILES string of the molecule is CCOC(=O)/C=C/[C@H]1[C@H](c2ccccc2)C[N@+]1(C)Cc1ccccc1.O=S(=O)([O-])C(F)(F)F. The van der Waals surface area contributed by atoms with Crippen LogP contribution in [0.5, 0.6) is 0 Å². The number of benzene rings is 2. The number of carbonyl (C=O) groups excluding carboxylic acids is 1. The van der Waals surface area contributed by atoms with Crippen molar-refractivity contribution in [2.24, 2.45) is 0 Å². The Hall–Kier alpha value is -2.69. The van der Waals surface area contributed by atoms with Crippen molar-refractivity contribution in [2.45, 2.75) is 30.9 Å². The van der Waals surface area contributed by atoms with Crippen LogP contribution in [-0.4, -0.2) is 55.2 Å². The largest absolute Gasteiger partial charge is 0.741 e. The quantitative estimate of drug-likeness (QED) is 0.203. The molecule has 0 saturated carbocycles. The number of rotatable bonds is 6. The number of likely N-dealkylation sites (tertiary alicyclic amines) is 1. The first-order chi connectivity index (χ1) is 15.4. The summed E-state index contributed by atoms with van der Waals surface area (Å²) in [5, 5.41) is 0. The fraction of sp³-hybridized carbons (Fsp3) is 0.348. The van der Waals surface area contributed by atoms with Crippen molar-refractivity contribution in [1.82, 2.24) is 0 Å². The zero-order valence-electron chi connectivity index (χ0n) is 18.2. The van der Waals surface area contributed by atoms with Crippen LogP contribution in [0.2, 0.25) is 0 Å². The van der Waals surface area contributed by atoms with Gasteiger partial charge in [0.15, 0.2) is 10.1 Å². The highest BCUT2D eigenvalue weighted by molar-refractivity contribution is 7.86. The molecular formula is C23H26F3NO5S. The van der Waals surface area contributed by atoms with Crippen LogP contribution < -0.4 is 0 Å². The summed E-state index contributed by atoms with van der Waals surface area (Å²) >= 11 is 0. The molecule has 6 nitrogen and oxygen atoms in total. The van der Waals surface area contributed by atoms with E-state index in [-0.39, 0.29) is 12.0 Å². The minimum Gasteiger partial charge on any atom is -0.741 e. The molecule has 10 heteroatoms. The van der Waals surface area contributed by atoms with Crippen LogP contribution in [0.25, 0.3) is 0 Å². The Morgan fingerprint density at radius 3 is 2.12 bits per heavy atom. The average Bonchev–Trinajstić information content (AvgIpc) is 2.73. The van der Waals surface area contributed by atoms with Crippen LogP contribution in [0.4, 0.5) is 13.2 Å². The van der Waals surface area contributed by atoms with Gasteiger partial charge in [0.25, 0.3) is 0 Å². The van der Waals surface area contributed by atoms with Gasteiger partial charge in [-0.1, -0.05) is 60.7 Å². The summed E-state index contributed by atoms with van der Waals surface area (Å²) in [6.45, 7) is 4.27. The lowest BCUT2D eigenvalue weighted by Crippen LogP contribution is -2.65. The molecule has 1 aliphatic heterocycles. The molecule has 3 atom stereocenters. The van der Waals surface area contributed by atoms with E-state index >= 15 is 0 Å². The second kappa shape index (κ2) is 11.0. The topological polar surface area (TPSA) is 83.5 Å². The highest BCUT2D eigenvalue weighted by atomic mass is 32.2. The molecule has 1 heterocycles. The number of quaternary nitrogens is 1. The molecule has 2 aromatic rings. The molecule has 0 amide bonds. The predicted octanol–water partition coefficient (Wildman–Crippen LogP) is 3.97. The lowest BCUT2D eigenvalue weighted by molar-refractivity contribution is -0.982. The maximum absolute atomic E-state index is 11.8. The van der Waals surface area contributed by atoms with Crippen molar-refractivity contribution in [3.8, 4) is 0 Å². The van der Waals surface area contributed by atoms with Gasteiger partial charge in [-0.3, -0.25) is 0 Å². The zero-order valence-corrected chi connectivity index (χ0v) is 19.1. The fourth-order valence-electron chi connectivity index (χ4n) is 3.86. The van der Waals surface area contributed by atoms with E-state index in [1.165, 1.54) is 11.1 Å². The summed E-state index contributed by atoms with van der Waals surface area (Å²) in [5.41, 5.74) is -2.98. The number of likely N-dealkylation sites (N-methyl/N-ethyl adjacent to an activating group) is 1. The highest BCUT2D eigenvalue weighted by Gasteiger charge is 2.50. The molecule has 0 unspecified atom stereocenters. The van der Waals surface area contributed by atoms with Gasteiger partial charge in [-0.05, 0) is 18.6 Å². The van der Waals surface area contributed by atoms with E-state index in [0.29, 0.717) is 12.5 Å². The monoisotopic (exact) mass is 485 g/mol. The van der Waals surface area contributed by atoms with Gasteiger partial charge in [0.1, 0.15) is 12.6 Å². The zero-order chi connectivity index (χ0) is 24.7. The summed E-state index contributed by atoms with van der Waals surface area (Å²) in [5.74, 6) is 0.174. The number of ether oxygens (including phenoxy) is 1. The summed E-state index contributed by atoms with van der Waals surface area (Å²) in [6.07, 6.45) is 3.65. The van der Waals surface area contributed by atoms with E-state index in [2.05, 4.69) is 55.6 Å². The molecule has 0 radical (unpaired) electrons. The van der Waals surface area contributed by atoms with Crippen molar-refractivity contribution < 1.29 is 40.2 Å². The van der Waals surface area contributed by atoms with E-state index in [1.807, 2.05) is 25.1 Å². The predicted molar refractivity (Wildman–Crippen MR) is 116 cm³/mol. The van der Waals surface area contributed by atoms with Crippen LogP contribution in [-0.2, 0) is 26.2 Å². The number of alkyl halides is 3. The Morgan fingerprint density at radius 1 is 1.12 bits per heavy atom. The molecule has 0 aliphatic carbocycles. The van der Waals surface area contributed by atoms with Gasteiger partial charge in [0.05, 0.1) is 26.1 Å². The Balaban J connectivity index is 0.000000414. The van der Waals surface area contributed by atoms with E-state index in [0.717, 1.165) is 17.6 Å². The maximum atomic E-state index is 11.8. The van der Waals surface area contributed by atoms with Crippen LogP contribution >= 0.6 is 0 Å². The standard InChI is InChI=1S/C22H26NO2.CHF3O3S/c1-3-25-22(24)15-14-21-20(19-12-8-5-9-13-19)17-23(21,2)16-18-10-6-4-7-11-18;2-1(3,4)8(5,6)7/h4-15,20-21H,3,16-17H2,1-2H3;(H,5,6,7)/q+1;/p-1/b15-14+;/t20-,21-,23-;/m0./s1. The van der Waals surface area contributed by atoms with Gasteiger partial charge in [0.2, 0.25) is 0 Å². The van der Waals surface area contributed by atoms with Crippen molar-refractivity contribution >= 4 is 16.1 Å². The Labute approximate surface area is 191 Å². The molecule has 2 aromatic carbocycles. The number of nitrogens with zero attached hydrogens (tertiary/aromatic N) is 1. The molecule has 0 bridgehead atoms. The second-order valence-electron chi connectivity index (χ2n) is 7.82. The van der Waals surface area contributed by atoms with Crippen LogP contribution in [0.15, 0.2) is 72.8 Å². The minimum atomic E-state index is -6.09. The van der Waals surface area contributed by atoms with Crippen LogP contribution in [0, 0.1) is 0 Å². The second-order valence-corrected chi connectivity index (χ2v) is 9.20. The number of carbonyl (C=O) groups is 1. The summed E-state index contributed by atoms with van der Waals surface area (Å²) in [4.78, 5) is 11.8. The number of halogens is 3. The molecule has 0 aromatic heterocycles. The summed E-state index contributed by atoms with van der Waals surface area (Å²) < 4.78 is 64.9. The Bertz CT molecular complexity index is 1040. The third kappa shape index (κ3) is 7.41. The molecule has 1 fully saturated rings. The first-order valence-electron chi connectivity index (χ1n) is 10.2. The molecule has 3 rings (SSSR count). The first-order valence-corrected chi connectivity index (χ1v) is 11.6. The lowest BCUT2D eigenvalue weighted by atomic mass is 9.79. The third-order valence-electron chi connectivity index (χ3n) is 5.36. The van der Waals surface area contributed by atoms with Crippen molar-refractivity contribution in [3.63, 3.8) is 0 Å². The summed E-state index contributed by atoms with van der Waals surface area (Å²) in [7, 11) is -3.82. The van der Waals surface area contributed by atoms with Crippen molar-refractivity contribution in [3.05, 3.63) is 83.9 Å². The van der Waals surface area contributed by atoms with Crippen molar-refractivity contribution in [1.29, 1.82) is 0 Å². The maximum Gasteiger partial charge on any atom is 0.485 e. The van der Waals surface area contributed by atoms with Crippen LogP contribution in [0.3, 0.4) is 0 Å². The first kappa shape index (κ1) is 26.6. The average molecular weight is 486 g/mol. The Kier molecular flexibility index (Phi) is 8.82. The molecule has 0 spiro atoms. The molecule has 1 aliphatic rings. The molecule has 180 valence electrons. The number of hydrogen-bond acceptors (Lipinski definition) is 5. The number of hydrogen-bond donors (Lipinski definition) is 0. The molecule has 1 saturated heterocycles. The molecule has 0 N–H and O–H groups in total. The van der Waals surface area contributed by atoms with E-state index in [4.69, 9.17) is 17.7 Å². The van der Waals surface area contributed by atoms with Gasteiger partial charge in [-0.2, -0.15) is 13.2 Å². The smallest absolute Gasteiger partial charge is 0.485 e. The fourth-order valence-corrected chi connectivity index (χ4v) is 3.86. The van der Waals surface area contributed by atoms with Gasteiger partial charge in [0, 0.05) is 11.6 Å². The van der Waals surface area contributed by atoms with Gasteiger partial charge >= 0.3 is 11.5 Å². The number of esters is 1. The molecular weight excluding hydrogens is 459 g/mol. The van der Waals surface area contributed by atoms with E-state index < -0.39 is 15.6 Å².